The van der Waals surface area contributed by atoms with Gasteiger partial charge in [0, 0.05) is 0 Å². The summed E-state index contributed by atoms with van der Waals surface area (Å²) in [7, 11) is 0. The Hall–Kier alpha value is -0.0400. The first-order chi connectivity index (χ1) is 3.93. The Kier molecular flexibility index (Phi) is 2.34. The Labute approximate surface area is 51.7 Å². The zero-order valence-electron chi connectivity index (χ0n) is 5.48. The van der Waals surface area contributed by atoms with E-state index < -0.39 is 0 Å². The lowest BCUT2D eigenvalue weighted by Crippen LogP contribution is -2.29. The molecule has 46 valence electrons. The first-order valence-corrected chi connectivity index (χ1v) is 3.36. The predicted octanol–water partition coefficient (Wildman–Crippen LogP) is 1.18. The molecule has 2 radical (unpaired) electrons. The number of piperidine rings is 1. The average molecular weight is 111 g/mol. The fourth-order valence-electron chi connectivity index (χ4n) is 1.03. The van der Waals surface area contributed by atoms with E-state index in [1.165, 1.54) is 32.5 Å². The van der Waals surface area contributed by atoms with Gasteiger partial charge in [-0.25, -0.2) is 0 Å². The predicted molar refractivity (Wildman–Crippen MR) is 34.6 cm³/mol. The summed E-state index contributed by atoms with van der Waals surface area (Å²) in [5, 5.41) is 0. The SMILES string of the molecule is CCN1CC[C]CC1. The van der Waals surface area contributed by atoms with E-state index in [0.29, 0.717) is 0 Å². The van der Waals surface area contributed by atoms with Gasteiger partial charge >= 0.3 is 0 Å². The topological polar surface area (TPSA) is 3.24 Å². The Morgan fingerprint density at radius 2 is 2.00 bits per heavy atom. The van der Waals surface area contributed by atoms with Gasteiger partial charge in [0.05, 0.1) is 0 Å². The van der Waals surface area contributed by atoms with Crippen molar-refractivity contribution in [2.45, 2.75) is 19.8 Å². The lowest BCUT2D eigenvalue weighted by atomic mass is 10.1. The van der Waals surface area contributed by atoms with Crippen molar-refractivity contribution >= 4 is 0 Å². The molecule has 0 amide bonds. The van der Waals surface area contributed by atoms with Gasteiger partial charge in [0.1, 0.15) is 0 Å². The third kappa shape index (κ3) is 1.48. The highest BCUT2D eigenvalue weighted by molar-refractivity contribution is 4.75. The summed E-state index contributed by atoms with van der Waals surface area (Å²) in [6, 6.07) is 0. The van der Waals surface area contributed by atoms with Crippen LogP contribution in [0.15, 0.2) is 0 Å². The van der Waals surface area contributed by atoms with Crippen molar-refractivity contribution in [2.75, 3.05) is 19.6 Å². The molecule has 0 aromatic rings. The van der Waals surface area contributed by atoms with Crippen LogP contribution in [-0.4, -0.2) is 24.5 Å². The summed E-state index contributed by atoms with van der Waals surface area (Å²) in [5.74, 6) is 0. The molecule has 1 heteroatoms. The van der Waals surface area contributed by atoms with Crippen LogP contribution in [-0.2, 0) is 0 Å². The first-order valence-electron chi connectivity index (χ1n) is 3.36. The van der Waals surface area contributed by atoms with Gasteiger partial charge in [0.25, 0.3) is 0 Å². The summed E-state index contributed by atoms with van der Waals surface area (Å²) < 4.78 is 0. The van der Waals surface area contributed by atoms with Gasteiger partial charge in [0.2, 0.25) is 0 Å². The van der Waals surface area contributed by atoms with Gasteiger partial charge in [-0.2, -0.15) is 0 Å². The van der Waals surface area contributed by atoms with Gasteiger partial charge in [-0.15, -0.1) is 0 Å². The molecule has 0 aliphatic carbocycles. The highest BCUT2D eigenvalue weighted by Crippen LogP contribution is 2.05. The van der Waals surface area contributed by atoms with Crippen LogP contribution in [0, 0.1) is 6.42 Å². The highest BCUT2D eigenvalue weighted by atomic mass is 15.1. The molecule has 0 atom stereocenters. The number of hydrogen-bond acceptors (Lipinski definition) is 1. The third-order valence-electron chi connectivity index (χ3n) is 1.66. The normalized spacial score (nSPS) is 23.6. The number of rotatable bonds is 1. The summed E-state index contributed by atoms with van der Waals surface area (Å²) in [5.41, 5.74) is 0. The molecule has 8 heavy (non-hydrogen) atoms. The molecule has 0 aromatic carbocycles. The molecular weight excluding hydrogens is 98.1 g/mol. The highest BCUT2D eigenvalue weighted by Gasteiger charge is 2.06. The Morgan fingerprint density at radius 1 is 1.38 bits per heavy atom. The molecule has 0 bridgehead atoms. The maximum atomic E-state index is 3.31. The lowest BCUT2D eigenvalue weighted by Gasteiger charge is -2.23. The minimum Gasteiger partial charge on any atom is -0.304 e. The van der Waals surface area contributed by atoms with Crippen LogP contribution < -0.4 is 0 Å². The minimum absolute atomic E-state index is 1.17. The smallest absolute Gasteiger partial charge is 0.00131 e. The van der Waals surface area contributed by atoms with Crippen LogP contribution in [0.4, 0.5) is 0 Å². The van der Waals surface area contributed by atoms with E-state index >= 15 is 0 Å². The van der Waals surface area contributed by atoms with Gasteiger partial charge in [0.15, 0.2) is 0 Å². The largest absolute Gasteiger partial charge is 0.304 e. The van der Waals surface area contributed by atoms with Gasteiger partial charge in [-0.3, -0.25) is 0 Å². The number of hydrogen-bond donors (Lipinski definition) is 0. The van der Waals surface area contributed by atoms with Crippen LogP contribution in [0.25, 0.3) is 0 Å². The Morgan fingerprint density at radius 3 is 2.38 bits per heavy atom. The zero-order chi connectivity index (χ0) is 5.82. The molecule has 0 spiro atoms. The van der Waals surface area contributed by atoms with Crippen LogP contribution in [0.5, 0.6) is 0 Å². The van der Waals surface area contributed by atoms with Crippen LogP contribution in [0.2, 0.25) is 0 Å². The van der Waals surface area contributed by atoms with E-state index in [9.17, 15) is 0 Å². The van der Waals surface area contributed by atoms with E-state index in [1.807, 2.05) is 0 Å². The fraction of sp³-hybridized carbons (Fsp3) is 0.857. The van der Waals surface area contributed by atoms with E-state index in [4.69, 9.17) is 0 Å². The maximum absolute atomic E-state index is 3.31. The minimum atomic E-state index is 1.17. The summed E-state index contributed by atoms with van der Waals surface area (Å²) in [4.78, 5) is 2.45. The number of likely N-dealkylation sites (tertiary alicyclic amines) is 1. The molecule has 1 rings (SSSR count). The lowest BCUT2D eigenvalue weighted by molar-refractivity contribution is 0.267. The summed E-state index contributed by atoms with van der Waals surface area (Å²) in [6.45, 7) is 5.89. The average Bonchev–Trinajstić information content (AvgIpc) is 1.90. The van der Waals surface area contributed by atoms with Gasteiger partial charge in [-0.1, -0.05) is 6.92 Å². The molecule has 1 aliphatic rings. The van der Waals surface area contributed by atoms with Crippen molar-refractivity contribution in [1.29, 1.82) is 0 Å². The standard InChI is InChI=1S/C7H13N/c1-2-8-6-4-3-5-7-8/h2,4-7H2,1H3. The van der Waals surface area contributed by atoms with E-state index in [0.717, 1.165) is 0 Å². The van der Waals surface area contributed by atoms with Gasteiger partial charge in [-0.05, 0) is 38.9 Å². The monoisotopic (exact) mass is 111 g/mol. The molecule has 0 N–H and O–H groups in total. The van der Waals surface area contributed by atoms with Crippen molar-refractivity contribution in [1.82, 2.24) is 4.90 Å². The Bertz CT molecular complexity index is 55.4. The molecule has 1 heterocycles. The fourth-order valence-corrected chi connectivity index (χ4v) is 1.03. The van der Waals surface area contributed by atoms with E-state index in [-0.39, 0.29) is 0 Å². The van der Waals surface area contributed by atoms with Crippen molar-refractivity contribution in [2.24, 2.45) is 0 Å². The zero-order valence-corrected chi connectivity index (χ0v) is 5.48. The van der Waals surface area contributed by atoms with E-state index in [1.54, 1.807) is 0 Å². The van der Waals surface area contributed by atoms with E-state index in [2.05, 4.69) is 18.2 Å². The van der Waals surface area contributed by atoms with Crippen molar-refractivity contribution in [3.05, 3.63) is 6.42 Å². The molecule has 1 saturated heterocycles. The quantitative estimate of drug-likeness (QED) is 0.491. The Balaban J connectivity index is 2.13. The molecule has 0 aromatic heterocycles. The summed E-state index contributed by atoms with van der Waals surface area (Å²) >= 11 is 0. The van der Waals surface area contributed by atoms with Crippen molar-refractivity contribution in [3.8, 4) is 0 Å². The molecule has 0 unspecified atom stereocenters. The van der Waals surface area contributed by atoms with Crippen LogP contribution in [0.3, 0.4) is 0 Å². The maximum Gasteiger partial charge on any atom is -0.00131 e. The van der Waals surface area contributed by atoms with Crippen LogP contribution in [0.1, 0.15) is 19.8 Å². The second-order valence-corrected chi connectivity index (χ2v) is 2.18. The molecule has 1 nitrogen and oxygen atoms in total. The first kappa shape index (κ1) is 6.09. The third-order valence-corrected chi connectivity index (χ3v) is 1.66. The summed E-state index contributed by atoms with van der Waals surface area (Å²) in [6.07, 6.45) is 5.66. The van der Waals surface area contributed by atoms with Gasteiger partial charge < -0.3 is 4.90 Å². The molecule has 1 aliphatic heterocycles. The second kappa shape index (κ2) is 3.08. The van der Waals surface area contributed by atoms with Crippen LogP contribution >= 0.6 is 0 Å². The number of nitrogens with zero attached hydrogens (tertiary/aromatic N) is 1. The van der Waals surface area contributed by atoms with Crippen molar-refractivity contribution < 1.29 is 0 Å². The molecule has 0 saturated carbocycles. The van der Waals surface area contributed by atoms with Crippen molar-refractivity contribution in [3.63, 3.8) is 0 Å². The second-order valence-electron chi connectivity index (χ2n) is 2.18. The molecular formula is C7H13N. The molecule has 1 fully saturated rings.